The van der Waals surface area contributed by atoms with Crippen LogP contribution < -0.4 is 19.8 Å². The smallest absolute Gasteiger partial charge is 0.275 e. The second-order valence-electron chi connectivity index (χ2n) is 6.49. The third-order valence-corrected chi connectivity index (χ3v) is 4.53. The molecule has 0 unspecified atom stereocenters. The van der Waals surface area contributed by atoms with Gasteiger partial charge in [0.1, 0.15) is 24.7 Å². The van der Waals surface area contributed by atoms with Crippen LogP contribution in [-0.2, 0) is 0 Å². The van der Waals surface area contributed by atoms with Crippen molar-refractivity contribution in [2.75, 3.05) is 20.3 Å². The normalized spacial score (nSPS) is 10.6. The predicted octanol–water partition coefficient (Wildman–Crippen LogP) is 4.09. The van der Waals surface area contributed by atoms with Gasteiger partial charge in [-0.05, 0) is 48.5 Å². The fourth-order valence-corrected chi connectivity index (χ4v) is 3.13. The minimum absolute atomic E-state index is 0.170. The van der Waals surface area contributed by atoms with E-state index in [9.17, 15) is 4.79 Å². The van der Waals surface area contributed by atoms with E-state index in [2.05, 4.69) is 0 Å². The molecule has 6 heteroatoms. The lowest BCUT2D eigenvalue weighted by molar-refractivity contribution is 0.207. The van der Waals surface area contributed by atoms with Crippen LogP contribution in [0, 0.1) is 0 Å². The molecule has 1 aromatic heterocycles. The fourth-order valence-electron chi connectivity index (χ4n) is 3.13. The van der Waals surface area contributed by atoms with Crippen LogP contribution in [0.2, 0.25) is 0 Å². The minimum Gasteiger partial charge on any atom is -0.497 e. The molecular weight excluding hydrogens is 380 g/mol. The van der Waals surface area contributed by atoms with Crippen LogP contribution in [0.4, 0.5) is 0 Å². The lowest BCUT2D eigenvalue weighted by Crippen LogP contribution is -2.20. The lowest BCUT2D eigenvalue weighted by atomic mass is 10.3. The first-order valence-corrected chi connectivity index (χ1v) is 9.62. The van der Waals surface area contributed by atoms with Crippen molar-refractivity contribution < 1.29 is 14.2 Å². The standard InChI is InChI=1S/C24H22N2O4/c1-28-21-12-14-22(15-13-21)29-16-17-30-24-18-23(27)25(19-8-4-2-5-9-19)26(24)20-10-6-3-7-11-20/h2-15,18H,16-17H2,1H3. The van der Waals surface area contributed by atoms with Crippen molar-refractivity contribution in [2.24, 2.45) is 0 Å². The maximum atomic E-state index is 12.8. The molecule has 152 valence electrons. The monoisotopic (exact) mass is 402 g/mol. The van der Waals surface area contributed by atoms with E-state index < -0.39 is 0 Å². The Morgan fingerprint density at radius 3 is 1.80 bits per heavy atom. The first kappa shape index (κ1) is 19.4. The molecule has 0 aliphatic rings. The maximum absolute atomic E-state index is 12.8. The molecule has 4 rings (SSSR count). The molecule has 0 saturated heterocycles. The Hall–Kier alpha value is -3.93. The average molecular weight is 402 g/mol. The molecule has 0 fully saturated rings. The number of benzene rings is 3. The van der Waals surface area contributed by atoms with Crippen molar-refractivity contribution in [1.82, 2.24) is 9.36 Å². The molecular formula is C24H22N2O4. The third-order valence-electron chi connectivity index (χ3n) is 4.53. The molecule has 0 spiro atoms. The van der Waals surface area contributed by atoms with E-state index in [-0.39, 0.29) is 12.2 Å². The summed E-state index contributed by atoms with van der Waals surface area (Å²) in [6.45, 7) is 0.628. The number of rotatable bonds is 8. The van der Waals surface area contributed by atoms with Crippen LogP contribution in [0.5, 0.6) is 17.4 Å². The highest BCUT2D eigenvalue weighted by Crippen LogP contribution is 2.21. The van der Waals surface area contributed by atoms with Gasteiger partial charge in [-0.3, -0.25) is 4.79 Å². The second-order valence-corrected chi connectivity index (χ2v) is 6.49. The summed E-state index contributed by atoms with van der Waals surface area (Å²) in [6.07, 6.45) is 0. The van der Waals surface area contributed by atoms with E-state index in [0.717, 1.165) is 22.9 Å². The van der Waals surface area contributed by atoms with Gasteiger partial charge in [0.25, 0.3) is 5.56 Å². The summed E-state index contributed by atoms with van der Waals surface area (Å²) in [6, 6.07) is 28.0. The molecule has 6 nitrogen and oxygen atoms in total. The van der Waals surface area contributed by atoms with Crippen molar-refractivity contribution in [1.29, 1.82) is 0 Å². The molecule has 3 aromatic carbocycles. The molecule has 4 aromatic rings. The van der Waals surface area contributed by atoms with Crippen LogP contribution in [0.1, 0.15) is 0 Å². The molecule has 0 saturated carbocycles. The zero-order valence-electron chi connectivity index (χ0n) is 16.6. The minimum atomic E-state index is -0.170. The van der Waals surface area contributed by atoms with Crippen molar-refractivity contribution in [3.63, 3.8) is 0 Å². The van der Waals surface area contributed by atoms with E-state index in [4.69, 9.17) is 14.2 Å². The van der Waals surface area contributed by atoms with Crippen LogP contribution in [0.15, 0.2) is 95.8 Å². The number of methoxy groups -OCH3 is 1. The Kier molecular flexibility index (Phi) is 5.85. The Bertz CT molecular complexity index is 1130. The molecule has 0 atom stereocenters. The Morgan fingerprint density at radius 1 is 0.667 bits per heavy atom. The highest BCUT2D eigenvalue weighted by molar-refractivity contribution is 5.40. The molecule has 0 aliphatic carbocycles. The predicted molar refractivity (Wildman–Crippen MR) is 115 cm³/mol. The quantitative estimate of drug-likeness (QED) is 0.417. The Labute approximate surface area is 174 Å². The number of aromatic nitrogens is 2. The largest absolute Gasteiger partial charge is 0.497 e. The van der Waals surface area contributed by atoms with Crippen molar-refractivity contribution in [3.8, 4) is 28.8 Å². The summed E-state index contributed by atoms with van der Waals surface area (Å²) < 4.78 is 20.2. The van der Waals surface area contributed by atoms with Crippen LogP contribution in [0.3, 0.4) is 0 Å². The Balaban J connectivity index is 1.55. The topological polar surface area (TPSA) is 54.6 Å². The highest BCUT2D eigenvalue weighted by Gasteiger charge is 2.15. The van der Waals surface area contributed by atoms with E-state index in [1.54, 1.807) is 16.5 Å². The van der Waals surface area contributed by atoms with Gasteiger partial charge in [-0.1, -0.05) is 36.4 Å². The summed E-state index contributed by atoms with van der Waals surface area (Å²) in [5, 5.41) is 0. The second kappa shape index (κ2) is 9.05. The van der Waals surface area contributed by atoms with Crippen LogP contribution in [-0.4, -0.2) is 29.7 Å². The van der Waals surface area contributed by atoms with Gasteiger partial charge in [0.05, 0.1) is 24.6 Å². The maximum Gasteiger partial charge on any atom is 0.275 e. The van der Waals surface area contributed by atoms with E-state index in [0.29, 0.717) is 12.5 Å². The van der Waals surface area contributed by atoms with Crippen LogP contribution >= 0.6 is 0 Å². The first-order valence-electron chi connectivity index (χ1n) is 9.62. The van der Waals surface area contributed by atoms with E-state index in [1.165, 1.54) is 6.07 Å². The van der Waals surface area contributed by atoms with Crippen molar-refractivity contribution in [3.05, 3.63) is 101 Å². The first-order chi connectivity index (χ1) is 14.8. The van der Waals surface area contributed by atoms with Gasteiger partial charge in [-0.15, -0.1) is 0 Å². The summed E-state index contributed by atoms with van der Waals surface area (Å²) in [4.78, 5) is 12.8. The number of hydrogen-bond donors (Lipinski definition) is 0. The van der Waals surface area contributed by atoms with Crippen LogP contribution in [0.25, 0.3) is 11.4 Å². The van der Waals surface area contributed by atoms with E-state index in [1.807, 2.05) is 84.9 Å². The van der Waals surface area contributed by atoms with Gasteiger partial charge in [-0.2, -0.15) is 0 Å². The number of ether oxygens (including phenoxy) is 3. The Morgan fingerprint density at radius 2 is 1.20 bits per heavy atom. The molecule has 0 bridgehead atoms. The number of nitrogens with zero attached hydrogens (tertiary/aromatic N) is 2. The average Bonchev–Trinajstić information content (AvgIpc) is 3.14. The van der Waals surface area contributed by atoms with Crippen molar-refractivity contribution >= 4 is 0 Å². The number of para-hydroxylation sites is 2. The SMILES string of the molecule is COc1ccc(OCCOc2cc(=O)n(-c3ccccc3)n2-c2ccccc2)cc1. The van der Waals surface area contributed by atoms with Crippen molar-refractivity contribution in [2.45, 2.75) is 0 Å². The van der Waals surface area contributed by atoms with Gasteiger partial charge >= 0.3 is 0 Å². The van der Waals surface area contributed by atoms with Gasteiger partial charge in [0, 0.05) is 0 Å². The lowest BCUT2D eigenvalue weighted by Gasteiger charge is -2.15. The highest BCUT2D eigenvalue weighted by atomic mass is 16.5. The zero-order valence-corrected chi connectivity index (χ0v) is 16.6. The fraction of sp³-hybridized carbons (Fsp3) is 0.125. The molecule has 0 radical (unpaired) electrons. The molecule has 0 aliphatic heterocycles. The molecule has 1 heterocycles. The third kappa shape index (κ3) is 4.22. The zero-order chi connectivity index (χ0) is 20.8. The summed E-state index contributed by atoms with van der Waals surface area (Å²) in [5.74, 6) is 1.95. The molecule has 30 heavy (non-hydrogen) atoms. The molecule has 0 amide bonds. The summed E-state index contributed by atoms with van der Waals surface area (Å²) >= 11 is 0. The van der Waals surface area contributed by atoms with Gasteiger partial charge in [-0.25, -0.2) is 9.36 Å². The number of hydrogen-bond acceptors (Lipinski definition) is 4. The van der Waals surface area contributed by atoms with Gasteiger partial charge in [0.2, 0.25) is 5.88 Å². The van der Waals surface area contributed by atoms with Gasteiger partial charge in [0.15, 0.2) is 0 Å². The van der Waals surface area contributed by atoms with Gasteiger partial charge < -0.3 is 14.2 Å². The molecule has 0 N–H and O–H groups in total. The van der Waals surface area contributed by atoms with E-state index >= 15 is 0 Å². The summed E-state index contributed by atoms with van der Waals surface area (Å²) in [5.41, 5.74) is 1.42. The summed E-state index contributed by atoms with van der Waals surface area (Å²) in [7, 11) is 1.62.